The summed E-state index contributed by atoms with van der Waals surface area (Å²) in [5, 5.41) is 1.21. The van der Waals surface area contributed by atoms with E-state index in [0.29, 0.717) is 41.7 Å². The monoisotopic (exact) mass is 619 g/mol. The number of aryl methyl sites for hydroxylation is 1. The van der Waals surface area contributed by atoms with Gasteiger partial charge in [0.15, 0.2) is 6.73 Å². The smallest absolute Gasteiger partial charge is 0.494 e. The summed E-state index contributed by atoms with van der Waals surface area (Å²) in [6.07, 6.45) is 2.62. The fourth-order valence-electron chi connectivity index (χ4n) is 5.54. The molecule has 8 nitrogen and oxygen atoms in total. The molecule has 42 heavy (non-hydrogen) atoms. The fraction of sp³-hybridized carbons (Fsp3) is 0.562. The van der Waals surface area contributed by atoms with Gasteiger partial charge in [-0.2, -0.15) is 0 Å². The number of hydrogen-bond donors (Lipinski definition) is 0. The maximum absolute atomic E-state index is 12.7. The number of unbranched alkanes of at least 4 members (excludes halogenated alkanes) is 1. The Morgan fingerprint density at radius 2 is 1.76 bits per heavy atom. The first kappa shape index (κ1) is 32.2. The first-order valence-corrected chi connectivity index (χ1v) is 15.6. The zero-order valence-corrected chi connectivity index (χ0v) is 26.7. The Labute approximate surface area is 259 Å². The number of carbonyl (C=O) groups is 2. The molecular weight excluding hydrogens is 577 g/mol. The molecule has 1 fully saturated rings. The van der Waals surface area contributed by atoms with Gasteiger partial charge in [-0.15, -0.1) is 0 Å². The molecule has 1 atom stereocenters. The van der Waals surface area contributed by atoms with Crippen LogP contribution in [0.25, 0.3) is 0 Å². The van der Waals surface area contributed by atoms with Crippen molar-refractivity contribution in [2.75, 3.05) is 55.9 Å². The molecule has 0 radical (unpaired) electrons. The van der Waals surface area contributed by atoms with E-state index >= 15 is 0 Å². The van der Waals surface area contributed by atoms with Crippen LogP contribution >= 0.6 is 23.2 Å². The Morgan fingerprint density at radius 1 is 1.00 bits per heavy atom. The second-order valence-electron chi connectivity index (χ2n) is 12.3. The molecule has 1 unspecified atom stereocenters. The molecule has 2 aromatic carbocycles. The highest BCUT2D eigenvalue weighted by Gasteiger charge is 2.27. The van der Waals surface area contributed by atoms with Crippen LogP contribution in [0.5, 0.6) is 5.75 Å². The van der Waals surface area contributed by atoms with Crippen LogP contribution in [0.4, 0.5) is 16.2 Å². The second kappa shape index (κ2) is 14.7. The van der Waals surface area contributed by atoms with Gasteiger partial charge in [0, 0.05) is 38.7 Å². The van der Waals surface area contributed by atoms with E-state index in [1.807, 2.05) is 43.3 Å². The van der Waals surface area contributed by atoms with Gasteiger partial charge in [0.2, 0.25) is 5.91 Å². The average molecular weight is 621 g/mol. The van der Waals surface area contributed by atoms with E-state index in [4.69, 9.17) is 37.4 Å². The van der Waals surface area contributed by atoms with E-state index < -0.39 is 6.16 Å². The molecule has 0 spiro atoms. The van der Waals surface area contributed by atoms with Crippen molar-refractivity contribution < 1.29 is 23.8 Å². The number of nitrogens with zero attached hydrogens (tertiary/aromatic N) is 3. The van der Waals surface area contributed by atoms with E-state index in [9.17, 15) is 9.59 Å². The molecule has 0 N–H and O–H groups in total. The molecule has 2 aromatic rings. The van der Waals surface area contributed by atoms with E-state index in [2.05, 4.69) is 30.6 Å². The summed E-state index contributed by atoms with van der Waals surface area (Å²) in [6, 6.07) is 11.6. The van der Waals surface area contributed by atoms with Gasteiger partial charge in [-0.05, 0) is 68.3 Å². The van der Waals surface area contributed by atoms with Crippen LogP contribution < -0.4 is 14.5 Å². The SMILES string of the molecule is CC(CC(C)(C)C)OC(=O)OCN1C(=O)CCc2ccc(OCCCCN3CCN(c4cccc(Cl)c4Cl)CC3)cc21. The van der Waals surface area contributed by atoms with Crippen molar-refractivity contribution in [1.82, 2.24) is 4.90 Å². The number of halogens is 2. The Morgan fingerprint density at radius 3 is 2.50 bits per heavy atom. The number of ether oxygens (including phenoxy) is 3. The molecular formula is C32H43Cl2N3O5. The molecule has 2 heterocycles. The number of anilines is 2. The zero-order valence-electron chi connectivity index (χ0n) is 25.2. The molecule has 10 heteroatoms. The van der Waals surface area contributed by atoms with Crippen molar-refractivity contribution >= 4 is 46.6 Å². The van der Waals surface area contributed by atoms with Crippen LogP contribution in [0.2, 0.25) is 10.0 Å². The fourth-order valence-corrected chi connectivity index (χ4v) is 5.96. The predicted octanol–water partition coefficient (Wildman–Crippen LogP) is 7.19. The molecule has 0 saturated carbocycles. The Hall–Kier alpha value is -2.68. The van der Waals surface area contributed by atoms with Crippen molar-refractivity contribution in [2.24, 2.45) is 5.41 Å². The molecule has 0 aliphatic carbocycles. The number of fused-ring (bicyclic) bond motifs is 1. The molecule has 1 saturated heterocycles. The number of rotatable bonds is 11. The van der Waals surface area contributed by atoms with Crippen molar-refractivity contribution in [3.05, 3.63) is 52.0 Å². The molecule has 0 aromatic heterocycles. The predicted molar refractivity (Wildman–Crippen MR) is 168 cm³/mol. The summed E-state index contributed by atoms with van der Waals surface area (Å²) in [5.74, 6) is 0.606. The summed E-state index contributed by atoms with van der Waals surface area (Å²) in [5.41, 5.74) is 2.77. The van der Waals surface area contributed by atoms with Crippen LogP contribution in [-0.4, -0.2) is 69.1 Å². The Bertz CT molecular complexity index is 1230. The highest BCUT2D eigenvalue weighted by molar-refractivity contribution is 6.43. The maximum atomic E-state index is 12.7. The normalized spacial score (nSPS) is 16.7. The minimum atomic E-state index is -0.770. The van der Waals surface area contributed by atoms with E-state index in [1.165, 1.54) is 4.90 Å². The summed E-state index contributed by atoms with van der Waals surface area (Å²) >= 11 is 12.6. The van der Waals surface area contributed by atoms with Gasteiger partial charge in [-0.3, -0.25) is 14.6 Å². The lowest BCUT2D eigenvalue weighted by atomic mass is 9.90. The molecule has 1 amide bonds. The third-order valence-electron chi connectivity index (χ3n) is 7.55. The molecule has 0 bridgehead atoms. The molecule has 2 aliphatic heterocycles. The second-order valence-corrected chi connectivity index (χ2v) is 13.1. The summed E-state index contributed by atoms with van der Waals surface area (Å²) in [6.45, 7) is 13.3. The van der Waals surface area contributed by atoms with E-state index in [1.54, 1.807) is 0 Å². The number of piperazine rings is 1. The molecule has 2 aliphatic rings. The topological polar surface area (TPSA) is 71.5 Å². The highest BCUT2D eigenvalue weighted by atomic mass is 35.5. The van der Waals surface area contributed by atoms with Crippen molar-refractivity contribution in [2.45, 2.75) is 65.9 Å². The molecule has 230 valence electrons. The lowest BCUT2D eigenvalue weighted by Crippen LogP contribution is -2.46. The van der Waals surface area contributed by atoms with Crippen LogP contribution in [0.1, 0.15) is 58.9 Å². The minimum Gasteiger partial charge on any atom is -0.494 e. The summed E-state index contributed by atoms with van der Waals surface area (Å²) in [4.78, 5) is 31.2. The van der Waals surface area contributed by atoms with Gasteiger partial charge in [0.05, 0.1) is 28.0 Å². The average Bonchev–Trinajstić information content (AvgIpc) is 2.93. The third-order valence-corrected chi connectivity index (χ3v) is 8.36. The zero-order chi connectivity index (χ0) is 30.3. The quantitative estimate of drug-likeness (QED) is 0.195. The van der Waals surface area contributed by atoms with Gasteiger partial charge < -0.3 is 19.1 Å². The Kier molecular flexibility index (Phi) is 11.3. The summed E-state index contributed by atoms with van der Waals surface area (Å²) in [7, 11) is 0. The van der Waals surface area contributed by atoms with Gasteiger partial charge in [-0.25, -0.2) is 4.79 Å². The Balaban J connectivity index is 1.20. The minimum absolute atomic E-state index is 0.0286. The van der Waals surface area contributed by atoms with Crippen molar-refractivity contribution in [1.29, 1.82) is 0 Å². The van der Waals surface area contributed by atoms with Crippen molar-refractivity contribution in [3.8, 4) is 5.75 Å². The standard InChI is InChI=1S/C32H43Cl2N3O5/c1-23(21-32(2,3)4)42-31(39)41-22-37-28-20-25(12-10-24(28)11-13-29(37)38)40-19-6-5-14-35-15-17-36(18-16-35)27-9-7-8-26(33)30(27)34/h7-10,12,20,23H,5-6,11,13-19,21-22H2,1-4H3. The van der Waals surface area contributed by atoms with Crippen LogP contribution in [0.3, 0.4) is 0 Å². The van der Waals surface area contributed by atoms with Crippen LogP contribution in [0.15, 0.2) is 36.4 Å². The third kappa shape index (κ3) is 9.16. The van der Waals surface area contributed by atoms with E-state index in [-0.39, 0.29) is 24.2 Å². The molecule has 4 rings (SSSR count). The maximum Gasteiger partial charge on any atom is 0.510 e. The van der Waals surface area contributed by atoms with Gasteiger partial charge >= 0.3 is 6.16 Å². The largest absolute Gasteiger partial charge is 0.510 e. The van der Waals surface area contributed by atoms with E-state index in [0.717, 1.165) is 62.5 Å². The van der Waals surface area contributed by atoms with Gasteiger partial charge in [-0.1, -0.05) is 56.1 Å². The lowest BCUT2D eigenvalue weighted by Gasteiger charge is -2.36. The highest BCUT2D eigenvalue weighted by Crippen LogP contribution is 2.33. The number of amides is 1. The lowest BCUT2D eigenvalue weighted by molar-refractivity contribution is -0.119. The number of benzene rings is 2. The number of carbonyl (C=O) groups excluding carboxylic acids is 2. The van der Waals surface area contributed by atoms with Crippen LogP contribution in [0, 0.1) is 5.41 Å². The van der Waals surface area contributed by atoms with Gasteiger partial charge in [0.25, 0.3) is 0 Å². The first-order valence-electron chi connectivity index (χ1n) is 14.8. The number of hydrogen-bond acceptors (Lipinski definition) is 7. The van der Waals surface area contributed by atoms with Crippen molar-refractivity contribution in [3.63, 3.8) is 0 Å². The van der Waals surface area contributed by atoms with Gasteiger partial charge in [0.1, 0.15) is 11.9 Å². The first-order chi connectivity index (χ1) is 20.0. The van der Waals surface area contributed by atoms with Crippen LogP contribution in [-0.2, 0) is 20.7 Å². The summed E-state index contributed by atoms with van der Waals surface area (Å²) < 4.78 is 16.8.